The van der Waals surface area contributed by atoms with E-state index in [-0.39, 0.29) is 11.8 Å². The molecule has 1 aromatic heterocycles. The predicted molar refractivity (Wildman–Crippen MR) is 154 cm³/mol. The van der Waals surface area contributed by atoms with Crippen LogP contribution in [0.5, 0.6) is 5.75 Å². The summed E-state index contributed by atoms with van der Waals surface area (Å²) in [6, 6.07) is 16.0. The number of para-hydroxylation sites is 2. The van der Waals surface area contributed by atoms with Crippen LogP contribution in [0.3, 0.4) is 0 Å². The maximum atomic E-state index is 14.0. The van der Waals surface area contributed by atoms with Crippen LogP contribution in [0, 0.1) is 0 Å². The highest BCUT2D eigenvalue weighted by Crippen LogP contribution is 2.31. The second-order valence-electron chi connectivity index (χ2n) is 11.1. The van der Waals surface area contributed by atoms with Gasteiger partial charge in [-0.05, 0) is 62.4 Å². The zero-order chi connectivity index (χ0) is 27.0. The topological polar surface area (TPSA) is 76.5 Å². The third kappa shape index (κ3) is 6.63. The molecule has 2 aliphatic carbocycles. The Kier molecular flexibility index (Phi) is 9.17. The molecule has 0 bridgehead atoms. The van der Waals surface area contributed by atoms with Gasteiger partial charge in [-0.3, -0.25) is 9.59 Å². The first-order valence-corrected chi connectivity index (χ1v) is 14.8. The third-order valence-electron chi connectivity index (χ3n) is 8.45. The summed E-state index contributed by atoms with van der Waals surface area (Å²) in [6.07, 6.45) is 13.4. The molecule has 2 fully saturated rings. The largest absolute Gasteiger partial charge is 0.497 e. The standard InChI is InChI=1S/C32H42N4O3/c1-39-27-17-10-12-24(22-27)32(38)33-21-11-20-30-34-28-18-8-9-19-29(28)35(30)23-31(37)36(25-13-4-2-5-14-25)26-15-6-3-7-16-26/h8-10,12,17-19,22,25-26H,2-7,11,13-16,20-21,23H2,1H3,(H,33,38). The van der Waals surface area contributed by atoms with E-state index in [1.165, 1.54) is 38.5 Å². The fourth-order valence-corrected chi connectivity index (χ4v) is 6.45. The number of fused-ring (bicyclic) bond motifs is 1. The van der Waals surface area contributed by atoms with Crippen molar-refractivity contribution in [3.05, 3.63) is 59.9 Å². The van der Waals surface area contributed by atoms with E-state index >= 15 is 0 Å². The SMILES string of the molecule is COc1cccc(C(=O)NCCCc2nc3ccccc3n2CC(=O)N(C2CCCCC2)C2CCCCC2)c1. The number of benzene rings is 2. The number of ether oxygens (including phenoxy) is 1. The number of aromatic nitrogens is 2. The minimum atomic E-state index is -0.117. The summed E-state index contributed by atoms with van der Waals surface area (Å²) in [6.45, 7) is 0.864. The van der Waals surface area contributed by atoms with E-state index in [0.717, 1.165) is 49.0 Å². The third-order valence-corrected chi connectivity index (χ3v) is 8.45. The second kappa shape index (κ2) is 13.1. The summed E-state index contributed by atoms with van der Waals surface area (Å²) in [7, 11) is 1.59. The Balaban J connectivity index is 1.28. The highest BCUT2D eigenvalue weighted by atomic mass is 16.5. The fraction of sp³-hybridized carbons (Fsp3) is 0.531. The molecule has 2 aromatic carbocycles. The van der Waals surface area contributed by atoms with E-state index in [0.29, 0.717) is 42.9 Å². The molecule has 5 rings (SSSR count). The Morgan fingerprint density at radius 3 is 2.33 bits per heavy atom. The number of nitrogens with one attached hydrogen (secondary N) is 1. The van der Waals surface area contributed by atoms with E-state index in [9.17, 15) is 9.59 Å². The number of methoxy groups -OCH3 is 1. The van der Waals surface area contributed by atoms with Crippen LogP contribution in [0.4, 0.5) is 0 Å². The Labute approximate surface area is 231 Å². The van der Waals surface area contributed by atoms with Crippen LogP contribution in [0.15, 0.2) is 48.5 Å². The van der Waals surface area contributed by atoms with Gasteiger partial charge in [0.15, 0.2) is 0 Å². The van der Waals surface area contributed by atoms with Gasteiger partial charge in [0, 0.05) is 30.6 Å². The molecule has 2 saturated carbocycles. The molecular weight excluding hydrogens is 488 g/mol. The number of carbonyl (C=O) groups excluding carboxylic acids is 2. The van der Waals surface area contributed by atoms with Crippen LogP contribution in [0.1, 0.15) is 86.8 Å². The number of hydrogen-bond donors (Lipinski definition) is 1. The second-order valence-corrected chi connectivity index (χ2v) is 11.1. The van der Waals surface area contributed by atoms with Crippen LogP contribution in [0.25, 0.3) is 11.0 Å². The zero-order valence-electron chi connectivity index (χ0n) is 23.2. The van der Waals surface area contributed by atoms with Crippen LogP contribution in [-0.4, -0.2) is 52.0 Å². The van der Waals surface area contributed by atoms with Crippen molar-refractivity contribution < 1.29 is 14.3 Å². The van der Waals surface area contributed by atoms with Gasteiger partial charge >= 0.3 is 0 Å². The molecule has 1 heterocycles. The summed E-state index contributed by atoms with van der Waals surface area (Å²) in [5.41, 5.74) is 2.51. The molecule has 0 unspecified atom stereocenters. The first kappa shape index (κ1) is 27.2. The van der Waals surface area contributed by atoms with Gasteiger partial charge in [-0.1, -0.05) is 56.7 Å². The normalized spacial score (nSPS) is 16.7. The van der Waals surface area contributed by atoms with Crippen LogP contribution in [-0.2, 0) is 17.8 Å². The molecule has 0 saturated heterocycles. The maximum absolute atomic E-state index is 14.0. The summed E-state index contributed by atoms with van der Waals surface area (Å²) < 4.78 is 7.36. The van der Waals surface area contributed by atoms with E-state index in [2.05, 4.69) is 20.9 Å². The Morgan fingerprint density at radius 2 is 1.64 bits per heavy atom. The Morgan fingerprint density at radius 1 is 0.949 bits per heavy atom. The fourth-order valence-electron chi connectivity index (χ4n) is 6.45. The van der Waals surface area contributed by atoms with Gasteiger partial charge in [-0.25, -0.2) is 4.98 Å². The molecule has 1 N–H and O–H groups in total. The van der Waals surface area contributed by atoms with E-state index in [4.69, 9.17) is 9.72 Å². The zero-order valence-corrected chi connectivity index (χ0v) is 23.2. The molecule has 0 atom stereocenters. The van der Waals surface area contributed by atoms with Crippen molar-refractivity contribution in [3.8, 4) is 5.75 Å². The van der Waals surface area contributed by atoms with Crippen molar-refractivity contribution in [2.45, 2.75) is 95.7 Å². The minimum absolute atomic E-state index is 0.117. The van der Waals surface area contributed by atoms with Gasteiger partial charge in [0.05, 0.1) is 18.1 Å². The monoisotopic (exact) mass is 530 g/mol. The smallest absolute Gasteiger partial charge is 0.251 e. The van der Waals surface area contributed by atoms with Crippen LogP contribution >= 0.6 is 0 Å². The molecule has 3 aromatic rings. The average molecular weight is 531 g/mol. The number of amides is 2. The molecule has 0 radical (unpaired) electrons. The lowest BCUT2D eigenvalue weighted by Gasteiger charge is -2.42. The van der Waals surface area contributed by atoms with Crippen molar-refractivity contribution in [1.29, 1.82) is 0 Å². The highest BCUT2D eigenvalue weighted by Gasteiger charge is 2.33. The minimum Gasteiger partial charge on any atom is -0.497 e. The van der Waals surface area contributed by atoms with Gasteiger partial charge in [0.2, 0.25) is 5.91 Å². The molecule has 208 valence electrons. The summed E-state index contributed by atoms with van der Waals surface area (Å²) >= 11 is 0. The van der Waals surface area contributed by atoms with Crippen molar-refractivity contribution in [1.82, 2.24) is 19.8 Å². The Hall–Kier alpha value is -3.35. The summed E-state index contributed by atoms with van der Waals surface area (Å²) in [5, 5.41) is 3.01. The van der Waals surface area contributed by atoms with E-state index in [1.54, 1.807) is 19.2 Å². The lowest BCUT2D eigenvalue weighted by atomic mass is 9.88. The molecule has 0 aliphatic heterocycles. The van der Waals surface area contributed by atoms with Crippen LogP contribution < -0.4 is 10.1 Å². The molecule has 39 heavy (non-hydrogen) atoms. The number of carbonyl (C=O) groups is 2. The molecule has 7 nitrogen and oxygen atoms in total. The molecule has 2 amide bonds. The Bertz CT molecular complexity index is 1240. The van der Waals surface area contributed by atoms with Gasteiger partial charge in [-0.2, -0.15) is 0 Å². The van der Waals surface area contributed by atoms with Crippen LogP contribution in [0.2, 0.25) is 0 Å². The van der Waals surface area contributed by atoms with Crippen molar-refractivity contribution in [3.63, 3.8) is 0 Å². The van der Waals surface area contributed by atoms with E-state index in [1.807, 2.05) is 30.3 Å². The number of imidazole rings is 1. The number of nitrogens with zero attached hydrogens (tertiary/aromatic N) is 3. The highest BCUT2D eigenvalue weighted by molar-refractivity contribution is 5.94. The summed E-state index contributed by atoms with van der Waals surface area (Å²) in [4.78, 5) is 33.9. The average Bonchev–Trinajstić information content (AvgIpc) is 3.33. The molecule has 2 aliphatic rings. The van der Waals surface area contributed by atoms with Gasteiger partial charge in [0.25, 0.3) is 5.91 Å². The van der Waals surface area contributed by atoms with Crippen molar-refractivity contribution in [2.24, 2.45) is 0 Å². The molecule has 7 heteroatoms. The predicted octanol–water partition coefficient (Wildman–Crippen LogP) is 5.90. The van der Waals surface area contributed by atoms with Gasteiger partial charge in [0.1, 0.15) is 18.1 Å². The van der Waals surface area contributed by atoms with Crippen molar-refractivity contribution >= 4 is 22.8 Å². The molecule has 0 spiro atoms. The van der Waals surface area contributed by atoms with Gasteiger partial charge in [-0.15, -0.1) is 0 Å². The maximum Gasteiger partial charge on any atom is 0.251 e. The first-order chi connectivity index (χ1) is 19.1. The van der Waals surface area contributed by atoms with E-state index < -0.39 is 0 Å². The number of aryl methyl sites for hydroxylation is 1. The first-order valence-electron chi connectivity index (χ1n) is 14.8. The number of hydrogen-bond acceptors (Lipinski definition) is 4. The molecular formula is C32H42N4O3. The lowest BCUT2D eigenvalue weighted by Crippen LogP contribution is -2.50. The lowest BCUT2D eigenvalue weighted by molar-refractivity contribution is -0.138. The van der Waals surface area contributed by atoms with Gasteiger partial charge < -0.3 is 19.5 Å². The quantitative estimate of drug-likeness (QED) is 0.331. The number of rotatable bonds is 10. The van der Waals surface area contributed by atoms with Crippen molar-refractivity contribution in [2.75, 3.05) is 13.7 Å². The summed E-state index contributed by atoms with van der Waals surface area (Å²) in [5.74, 6) is 1.70.